The molecule has 4 fully saturated rings. The van der Waals surface area contributed by atoms with E-state index in [1.54, 1.807) is 0 Å². The summed E-state index contributed by atoms with van der Waals surface area (Å²) < 4.78 is 11.6. The lowest BCUT2D eigenvalue weighted by Gasteiger charge is -2.44. The molecule has 1 saturated heterocycles. The molecule has 234 valence electrons. The molecule has 0 aromatic heterocycles. The zero-order chi connectivity index (χ0) is 30.1. The van der Waals surface area contributed by atoms with E-state index in [-0.39, 0.29) is 6.42 Å². The van der Waals surface area contributed by atoms with Gasteiger partial charge < -0.3 is 35.0 Å². The van der Waals surface area contributed by atoms with Gasteiger partial charge in [0.25, 0.3) is 0 Å². The lowest BCUT2D eigenvalue weighted by Crippen LogP contribution is -2.60. The normalized spacial score (nSPS) is 43.0. The van der Waals surface area contributed by atoms with Crippen LogP contribution < -0.4 is 0 Å². The predicted molar refractivity (Wildman–Crippen MR) is 160 cm³/mol. The second-order valence-electron chi connectivity index (χ2n) is 14.9. The van der Waals surface area contributed by atoms with Crippen LogP contribution in [-0.2, 0) is 9.47 Å². The lowest BCUT2D eigenvalue weighted by atomic mass is 9.60. The molecule has 0 aromatic rings. The lowest BCUT2D eigenvalue weighted by molar-refractivity contribution is -0.309. The van der Waals surface area contributed by atoms with Gasteiger partial charge in [-0.2, -0.15) is 0 Å². The first kappa shape index (κ1) is 32.8. The van der Waals surface area contributed by atoms with Crippen LogP contribution in [0.25, 0.3) is 0 Å². The summed E-state index contributed by atoms with van der Waals surface area (Å²) in [5, 5.41) is 50.9. The van der Waals surface area contributed by atoms with E-state index in [0.717, 1.165) is 29.4 Å². The van der Waals surface area contributed by atoms with Crippen molar-refractivity contribution in [2.75, 3.05) is 6.61 Å². The van der Waals surface area contributed by atoms with E-state index in [4.69, 9.17) is 9.47 Å². The van der Waals surface area contributed by atoms with Crippen molar-refractivity contribution in [2.45, 2.75) is 142 Å². The van der Waals surface area contributed by atoms with Crippen molar-refractivity contribution in [2.24, 2.45) is 28.6 Å². The van der Waals surface area contributed by atoms with E-state index < -0.39 is 49.5 Å². The Morgan fingerprint density at radius 2 is 1.83 bits per heavy atom. The first-order valence-corrected chi connectivity index (χ1v) is 16.0. The highest BCUT2D eigenvalue weighted by Gasteiger charge is 2.50. The van der Waals surface area contributed by atoms with Crippen molar-refractivity contribution in [3.8, 4) is 0 Å². The summed E-state index contributed by atoms with van der Waals surface area (Å²) in [5.41, 5.74) is 3.88. The van der Waals surface area contributed by atoms with Gasteiger partial charge in [-0.15, -0.1) is 0 Å². The predicted octanol–water partition coefficient (Wildman–Crippen LogP) is 4.80. The number of aliphatic hydroxyl groups is 5. The molecule has 0 spiro atoms. The molecule has 7 nitrogen and oxygen atoms in total. The molecule has 3 saturated carbocycles. The van der Waals surface area contributed by atoms with E-state index >= 15 is 0 Å². The summed E-state index contributed by atoms with van der Waals surface area (Å²) in [7, 11) is 0. The van der Waals surface area contributed by atoms with Gasteiger partial charge in [0.15, 0.2) is 6.29 Å². The van der Waals surface area contributed by atoms with Crippen LogP contribution in [0, 0.1) is 28.6 Å². The maximum atomic E-state index is 10.7. The third kappa shape index (κ3) is 7.36. The van der Waals surface area contributed by atoms with Gasteiger partial charge in [-0.05, 0) is 84.7 Å². The fourth-order valence-corrected chi connectivity index (χ4v) is 8.30. The fourth-order valence-electron chi connectivity index (χ4n) is 8.30. The highest BCUT2D eigenvalue weighted by Crippen LogP contribution is 2.60. The minimum atomic E-state index is -1.51. The number of fused-ring (bicyclic) bond motifs is 1. The van der Waals surface area contributed by atoms with Crippen LogP contribution in [0.1, 0.15) is 98.8 Å². The van der Waals surface area contributed by atoms with Gasteiger partial charge in [0.2, 0.25) is 0 Å². The third-order valence-electron chi connectivity index (χ3n) is 10.7. The van der Waals surface area contributed by atoms with Crippen LogP contribution >= 0.6 is 0 Å². The Morgan fingerprint density at radius 3 is 2.51 bits per heavy atom. The van der Waals surface area contributed by atoms with E-state index in [2.05, 4.69) is 53.3 Å². The standard InChI is InChI=1S/C34H56O7/c1-20(9-7-15-33(3,4)5)25-13-14-26-22(10-8-16-34(25,26)6)11-12-23-17-24(36)18-27(21(23)2)40-32-31(39)30(38)29(37)28(19-35)41-32/h11-12,20,24-32,35-39H,2,7-10,13-19H2,1,3-6H3/b22-11+,23-12-/t20?,24-,25-,26?,27+,28?,29?,30?,31?,32?,34-/m1/s1. The molecule has 1 aliphatic heterocycles. The van der Waals surface area contributed by atoms with E-state index in [0.29, 0.717) is 23.2 Å². The molecule has 0 radical (unpaired) electrons. The number of hydrogen-bond donors (Lipinski definition) is 5. The Labute approximate surface area is 247 Å². The summed E-state index contributed by atoms with van der Waals surface area (Å²) in [6, 6.07) is 0. The molecule has 3 aliphatic carbocycles. The third-order valence-corrected chi connectivity index (χ3v) is 10.7. The van der Waals surface area contributed by atoms with Crippen LogP contribution in [0.4, 0.5) is 0 Å². The SMILES string of the molecule is C=C1/C(=C\C=C2/CCC[C@@]3(C)C2CC[C@@H]3C(C)CCCC(C)(C)C)C[C@@H](O)C[C@@H]1OC1OC(CO)C(O)C(O)C1O. The summed E-state index contributed by atoms with van der Waals surface area (Å²) in [5.74, 6) is 2.08. The zero-order valence-corrected chi connectivity index (χ0v) is 26.0. The van der Waals surface area contributed by atoms with Gasteiger partial charge in [-0.3, -0.25) is 0 Å². The smallest absolute Gasteiger partial charge is 0.187 e. The maximum absolute atomic E-state index is 10.7. The first-order valence-electron chi connectivity index (χ1n) is 16.0. The molecule has 0 bridgehead atoms. The highest BCUT2D eigenvalue weighted by atomic mass is 16.7. The minimum Gasteiger partial charge on any atom is -0.394 e. The number of rotatable bonds is 8. The largest absolute Gasteiger partial charge is 0.394 e. The molecule has 7 heteroatoms. The second-order valence-corrected chi connectivity index (χ2v) is 14.9. The van der Waals surface area contributed by atoms with Crippen molar-refractivity contribution in [1.29, 1.82) is 0 Å². The van der Waals surface area contributed by atoms with Gasteiger partial charge in [-0.1, -0.05) is 71.8 Å². The number of aliphatic hydroxyl groups excluding tert-OH is 5. The molecule has 5 N–H and O–H groups in total. The van der Waals surface area contributed by atoms with E-state index in [1.807, 2.05) is 0 Å². The summed E-state index contributed by atoms with van der Waals surface area (Å²) >= 11 is 0. The van der Waals surface area contributed by atoms with Crippen LogP contribution in [-0.4, -0.2) is 75.1 Å². The molecule has 7 unspecified atom stereocenters. The molecule has 0 aromatic carbocycles. The average molecular weight is 577 g/mol. The van der Waals surface area contributed by atoms with Crippen LogP contribution in [0.3, 0.4) is 0 Å². The first-order chi connectivity index (χ1) is 19.2. The van der Waals surface area contributed by atoms with Crippen molar-refractivity contribution in [3.05, 3.63) is 35.5 Å². The molecule has 11 atom stereocenters. The van der Waals surface area contributed by atoms with Crippen molar-refractivity contribution >= 4 is 0 Å². The molecule has 4 aliphatic rings. The number of allylic oxidation sites excluding steroid dienone is 3. The summed E-state index contributed by atoms with van der Waals surface area (Å²) in [4.78, 5) is 0. The van der Waals surface area contributed by atoms with Crippen molar-refractivity contribution < 1.29 is 35.0 Å². The van der Waals surface area contributed by atoms with E-state index in [1.165, 1.54) is 50.5 Å². The molecule has 0 amide bonds. The van der Waals surface area contributed by atoms with Gasteiger partial charge in [0.1, 0.15) is 24.4 Å². The Hall–Kier alpha value is -1.06. The topological polar surface area (TPSA) is 120 Å². The maximum Gasteiger partial charge on any atom is 0.187 e. The summed E-state index contributed by atoms with van der Waals surface area (Å²) in [6.07, 6.45) is 7.19. The Bertz CT molecular complexity index is 965. The molecule has 41 heavy (non-hydrogen) atoms. The number of hydrogen-bond acceptors (Lipinski definition) is 7. The van der Waals surface area contributed by atoms with Gasteiger partial charge in [0, 0.05) is 6.42 Å². The van der Waals surface area contributed by atoms with Crippen LogP contribution in [0.2, 0.25) is 0 Å². The van der Waals surface area contributed by atoms with Crippen molar-refractivity contribution in [1.82, 2.24) is 0 Å². The molecule has 1 heterocycles. The quantitative estimate of drug-likeness (QED) is 0.282. The Morgan fingerprint density at radius 1 is 1.10 bits per heavy atom. The second kappa shape index (κ2) is 13.3. The minimum absolute atomic E-state index is 0.289. The molecular weight excluding hydrogens is 520 g/mol. The van der Waals surface area contributed by atoms with E-state index in [9.17, 15) is 25.5 Å². The fraction of sp³-hybridized carbons (Fsp3) is 0.824. The van der Waals surface area contributed by atoms with Gasteiger partial charge >= 0.3 is 0 Å². The molecular formula is C34H56O7. The Balaban J connectivity index is 1.44. The number of ether oxygens (including phenoxy) is 2. The van der Waals surface area contributed by atoms with Gasteiger partial charge in [-0.25, -0.2) is 0 Å². The monoisotopic (exact) mass is 576 g/mol. The van der Waals surface area contributed by atoms with Crippen LogP contribution in [0.15, 0.2) is 35.5 Å². The zero-order valence-electron chi connectivity index (χ0n) is 26.0. The van der Waals surface area contributed by atoms with Gasteiger partial charge in [0.05, 0.1) is 18.8 Å². The highest BCUT2D eigenvalue weighted by molar-refractivity contribution is 5.39. The average Bonchev–Trinajstić information content (AvgIpc) is 3.26. The molecule has 4 rings (SSSR count). The van der Waals surface area contributed by atoms with Crippen molar-refractivity contribution in [3.63, 3.8) is 0 Å². The van der Waals surface area contributed by atoms with Crippen LogP contribution in [0.5, 0.6) is 0 Å². The Kier molecular flexibility index (Phi) is 10.6. The summed E-state index contributed by atoms with van der Waals surface area (Å²) in [6.45, 7) is 15.8.